The summed E-state index contributed by atoms with van der Waals surface area (Å²) in [5.41, 5.74) is 2.57. The zero-order valence-corrected chi connectivity index (χ0v) is 18.4. The molecule has 0 aromatic heterocycles. The van der Waals surface area contributed by atoms with Gasteiger partial charge < -0.3 is 5.32 Å². The van der Waals surface area contributed by atoms with Gasteiger partial charge in [0.05, 0.1) is 17.0 Å². The first-order valence-electron chi connectivity index (χ1n) is 8.87. The van der Waals surface area contributed by atoms with E-state index in [9.17, 15) is 13.2 Å². The van der Waals surface area contributed by atoms with Gasteiger partial charge in [-0.2, -0.15) is 0 Å². The molecule has 0 aliphatic rings. The molecule has 0 saturated carbocycles. The third-order valence-electron chi connectivity index (χ3n) is 4.30. The van der Waals surface area contributed by atoms with Gasteiger partial charge in [-0.25, -0.2) is 8.42 Å². The molecule has 0 radical (unpaired) electrons. The van der Waals surface area contributed by atoms with Crippen LogP contribution in [-0.2, 0) is 21.2 Å². The maximum absolute atomic E-state index is 12.6. The molecule has 2 aromatic rings. The fourth-order valence-corrected chi connectivity index (χ4v) is 4.45. The largest absolute Gasteiger partial charge is 0.354 e. The van der Waals surface area contributed by atoms with Gasteiger partial charge in [0.25, 0.3) is 0 Å². The number of halogens is 2. The molecule has 28 heavy (non-hydrogen) atoms. The Balaban J connectivity index is 2.03. The molecular weight excluding hydrogens is 419 g/mol. The number of rotatable bonds is 8. The van der Waals surface area contributed by atoms with Gasteiger partial charge in [-0.1, -0.05) is 53.0 Å². The molecule has 152 valence electrons. The van der Waals surface area contributed by atoms with Crippen molar-refractivity contribution >= 4 is 44.8 Å². The second kappa shape index (κ2) is 9.63. The van der Waals surface area contributed by atoms with Gasteiger partial charge in [0, 0.05) is 11.6 Å². The summed E-state index contributed by atoms with van der Waals surface area (Å²) in [6, 6.07) is 11.8. The van der Waals surface area contributed by atoms with E-state index >= 15 is 0 Å². The first-order chi connectivity index (χ1) is 13.1. The van der Waals surface area contributed by atoms with Gasteiger partial charge in [-0.15, -0.1) is 0 Å². The molecule has 0 fully saturated rings. The lowest BCUT2D eigenvalue weighted by Gasteiger charge is -2.29. The molecule has 0 aliphatic heterocycles. The van der Waals surface area contributed by atoms with E-state index < -0.39 is 22.0 Å². The van der Waals surface area contributed by atoms with Crippen LogP contribution in [0.3, 0.4) is 0 Å². The lowest BCUT2D eigenvalue weighted by atomic mass is 10.1. The van der Waals surface area contributed by atoms with Crippen LogP contribution in [0.1, 0.15) is 24.5 Å². The van der Waals surface area contributed by atoms with E-state index in [0.717, 1.165) is 23.4 Å². The molecular formula is C20H24Cl2N2O3S. The molecule has 0 saturated heterocycles. The standard InChI is InChI=1S/C20H24Cl2N2O3S/c1-14-6-8-16(9-7-14)5-4-12-23-20(25)15(2)24(28(3,26)27)19-13-17(21)10-11-18(19)22/h6-11,13,15H,4-5,12H2,1-3H3,(H,23,25)/t15-/m0/s1. The topological polar surface area (TPSA) is 66.5 Å². The molecule has 1 N–H and O–H groups in total. The van der Waals surface area contributed by atoms with Gasteiger partial charge in [0.15, 0.2) is 0 Å². The van der Waals surface area contributed by atoms with E-state index in [2.05, 4.69) is 29.6 Å². The zero-order chi connectivity index (χ0) is 20.9. The second-order valence-corrected chi connectivity index (χ2v) is 9.41. The van der Waals surface area contributed by atoms with E-state index in [1.54, 1.807) is 6.07 Å². The Hall–Kier alpha value is -1.76. The summed E-state index contributed by atoms with van der Waals surface area (Å²) in [4.78, 5) is 12.6. The van der Waals surface area contributed by atoms with Crippen LogP contribution in [0.2, 0.25) is 10.0 Å². The molecule has 8 heteroatoms. The SMILES string of the molecule is Cc1ccc(CCCNC(=O)[C@H](C)N(c2cc(Cl)ccc2Cl)S(C)(=O)=O)cc1. The van der Waals surface area contributed by atoms with Crippen LogP contribution in [0.15, 0.2) is 42.5 Å². The van der Waals surface area contributed by atoms with Crippen molar-refractivity contribution in [2.24, 2.45) is 0 Å². The monoisotopic (exact) mass is 442 g/mol. The van der Waals surface area contributed by atoms with E-state index in [1.807, 2.05) is 6.92 Å². The van der Waals surface area contributed by atoms with Crippen molar-refractivity contribution in [1.82, 2.24) is 5.32 Å². The van der Waals surface area contributed by atoms with E-state index in [-0.39, 0.29) is 10.7 Å². The molecule has 0 spiro atoms. The summed E-state index contributed by atoms with van der Waals surface area (Å²) >= 11 is 12.1. The smallest absolute Gasteiger partial charge is 0.243 e. The Morgan fingerprint density at radius 2 is 1.79 bits per heavy atom. The van der Waals surface area contributed by atoms with Crippen molar-refractivity contribution in [3.63, 3.8) is 0 Å². The fraction of sp³-hybridized carbons (Fsp3) is 0.350. The molecule has 5 nitrogen and oxygen atoms in total. The number of hydrogen-bond donors (Lipinski definition) is 1. The summed E-state index contributed by atoms with van der Waals surface area (Å²) in [6.45, 7) is 4.00. The highest BCUT2D eigenvalue weighted by molar-refractivity contribution is 7.92. The highest BCUT2D eigenvalue weighted by Crippen LogP contribution is 2.32. The van der Waals surface area contributed by atoms with Gasteiger partial charge >= 0.3 is 0 Å². The Labute approximate surface area is 176 Å². The number of amides is 1. The average Bonchev–Trinajstić information content (AvgIpc) is 2.62. The summed E-state index contributed by atoms with van der Waals surface area (Å²) in [5, 5.41) is 3.33. The summed E-state index contributed by atoms with van der Waals surface area (Å²) in [6.07, 6.45) is 2.61. The average molecular weight is 443 g/mol. The number of benzene rings is 2. The van der Waals surface area contributed by atoms with Crippen LogP contribution in [-0.4, -0.2) is 33.2 Å². The predicted octanol–water partition coefficient (Wildman–Crippen LogP) is 4.21. The van der Waals surface area contributed by atoms with Gasteiger partial charge in [-0.05, 0) is 50.5 Å². The Bertz CT molecular complexity index is 931. The maximum Gasteiger partial charge on any atom is 0.243 e. The van der Waals surface area contributed by atoms with Crippen LogP contribution in [0.25, 0.3) is 0 Å². The van der Waals surface area contributed by atoms with E-state index in [1.165, 1.54) is 30.2 Å². The number of carbonyl (C=O) groups excluding carboxylic acids is 1. The molecule has 0 heterocycles. The lowest BCUT2D eigenvalue weighted by Crippen LogP contribution is -2.48. The number of anilines is 1. The predicted molar refractivity (Wildman–Crippen MR) is 116 cm³/mol. The van der Waals surface area contributed by atoms with Crippen LogP contribution in [0, 0.1) is 6.92 Å². The number of nitrogens with zero attached hydrogens (tertiary/aromatic N) is 1. The van der Waals surface area contributed by atoms with Crippen molar-refractivity contribution in [3.8, 4) is 0 Å². The van der Waals surface area contributed by atoms with Gasteiger partial charge in [-0.3, -0.25) is 9.10 Å². The van der Waals surface area contributed by atoms with Gasteiger partial charge in [0.1, 0.15) is 6.04 Å². The lowest BCUT2D eigenvalue weighted by molar-refractivity contribution is -0.121. The Kier molecular flexibility index (Phi) is 7.75. The van der Waals surface area contributed by atoms with Crippen LogP contribution >= 0.6 is 23.2 Å². The van der Waals surface area contributed by atoms with Gasteiger partial charge in [0.2, 0.25) is 15.9 Å². The third-order valence-corrected chi connectivity index (χ3v) is 6.08. The number of sulfonamides is 1. The second-order valence-electron chi connectivity index (χ2n) is 6.71. The number of hydrogen-bond acceptors (Lipinski definition) is 3. The van der Waals surface area contributed by atoms with Crippen molar-refractivity contribution in [2.75, 3.05) is 17.1 Å². The summed E-state index contributed by atoms with van der Waals surface area (Å²) in [7, 11) is -3.75. The fourth-order valence-electron chi connectivity index (χ4n) is 2.84. The molecule has 2 aromatic carbocycles. The highest BCUT2D eigenvalue weighted by Gasteiger charge is 2.30. The Morgan fingerprint density at radius 1 is 1.14 bits per heavy atom. The zero-order valence-electron chi connectivity index (χ0n) is 16.1. The van der Waals surface area contributed by atoms with Crippen molar-refractivity contribution < 1.29 is 13.2 Å². The van der Waals surface area contributed by atoms with E-state index in [4.69, 9.17) is 23.2 Å². The van der Waals surface area contributed by atoms with Crippen LogP contribution < -0.4 is 9.62 Å². The molecule has 1 amide bonds. The quantitative estimate of drug-likeness (QED) is 0.622. The summed E-state index contributed by atoms with van der Waals surface area (Å²) in [5.74, 6) is -0.398. The molecule has 0 bridgehead atoms. The van der Waals surface area contributed by atoms with Crippen molar-refractivity contribution in [3.05, 3.63) is 63.6 Å². The number of nitrogens with one attached hydrogen (secondary N) is 1. The number of carbonyl (C=O) groups is 1. The molecule has 2 rings (SSSR count). The van der Waals surface area contributed by atoms with Crippen LogP contribution in [0.4, 0.5) is 5.69 Å². The Morgan fingerprint density at radius 3 is 2.39 bits per heavy atom. The first-order valence-corrected chi connectivity index (χ1v) is 11.5. The van der Waals surface area contributed by atoms with Crippen LogP contribution in [0.5, 0.6) is 0 Å². The normalized spacial score (nSPS) is 12.5. The van der Waals surface area contributed by atoms with Crippen molar-refractivity contribution in [1.29, 1.82) is 0 Å². The maximum atomic E-state index is 12.6. The molecule has 0 aliphatic carbocycles. The van der Waals surface area contributed by atoms with E-state index in [0.29, 0.717) is 11.6 Å². The molecule has 0 unspecified atom stereocenters. The third kappa shape index (κ3) is 6.12. The minimum atomic E-state index is -3.75. The first kappa shape index (κ1) is 22.5. The highest BCUT2D eigenvalue weighted by atomic mass is 35.5. The molecule has 1 atom stereocenters. The number of aryl methyl sites for hydroxylation is 2. The minimum absolute atomic E-state index is 0.180. The minimum Gasteiger partial charge on any atom is -0.354 e. The van der Waals surface area contributed by atoms with Crippen molar-refractivity contribution in [2.45, 2.75) is 32.7 Å². The summed E-state index contributed by atoms with van der Waals surface area (Å²) < 4.78 is 25.7.